The zero-order chi connectivity index (χ0) is 32.5. The minimum Gasteiger partial charge on any atom is -0.495 e. The summed E-state index contributed by atoms with van der Waals surface area (Å²) in [6, 6.07) is 14.3. The number of benzene rings is 2. The van der Waals surface area contributed by atoms with Crippen molar-refractivity contribution in [3.8, 4) is 28.3 Å². The molecule has 1 amide bonds. The first kappa shape index (κ1) is 30.9. The van der Waals surface area contributed by atoms with Crippen LogP contribution in [0, 0.1) is 0 Å². The third kappa shape index (κ3) is 5.72. The van der Waals surface area contributed by atoms with Crippen LogP contribution in [0.1, 0.15) is 0 Å². The molecule has 0 bridgehead atoms. The van der Waals surface area contributed by atoms with Crippen molar-refractivity contribution < 1.29 is 14.3 Å². The zero-order valence-electron chi connectivity index (χ0n) is 25.2. The van der Waals surface area contributed by atoms with Crippen LogP contribution >= 0.6 is 23.2 Å². The Morgan fingerprint density at radius 1 is 1.04 bits per heavy atom. The predicted octanol–water partition coefficient (Wildman–Crippen LogP) is 4.48. The second-order valence-electron chi connectivity index (χ2n) is 10.6. The van der Waals surface area contributed by atoms with Crippen molar-refractivity contribution in [2.75, 3.05) is 37.5 Å². The molecule has 236 valence electrons. The fraction of sp³-hybridized carbons (Fsp3) is 0.219. The van der Waals surface area contributed by atoms with Crippen molar-refractivity contribution in [1.82, 2.24) is 29.6 Å². The Morgan fingerprint density at radius 3 is 2.41 bits per heavy atom. The lowest BCUT2D eigenvalue weighted by Gasteiger charge is -2.20. The number of aryl methyl sites for hydroxylation is 1. The van der Waals surface area contributed by atoms with E-state index in [1.54, 1.807) is 30.1 Å². The predicted molar refractivity (Wildman–Crippen MR) is 179 cm³/mol. The van der Waals surface area contributed by atoms with Gasteiger partial charge in [0.05, 0.1) is 47.6 Å². The van der Waals surface area contributed by atoms with Gasteiger partial charge in [-0.2, -0.15) is 10.1 Å². The molecule has 1 saturated heterocycles. The van der Waals surface area contributed by atoms with Crippen LogP contribution in [-0.4, -0.2) is 69.6 Å². The SMILES string of the molecule is C=CC(=O)N[C@@H]1CN(c2ccn(-c3ccccc3)n2)C[C@@H]1Nc1ncc2cc(-c3c(Cl)c(OC)cc(OC)c3Cl)c(=O)n(C)c2n1. The van der Waals surface area contributed by atoms with E-state index in [0.29, 0.717) is 35.6 Å². The van der Waals surface area contributed by atoms with Gasteiger partial charge in [-0.15, -0.1) is 0 Å². The largest absolute Gasteiger partial charge is 0.495 e. The van der Waals surface area contributed by atoms with E-state index in [2.05, 4.69) is 32.1 Å². The minimum absolute atomic E-state index is 0.177. The topological polar surface area (TPSA) is 128 Å². The van der Waals surface area contributed by atoms with Crippen molar-refractivity contribution >= 4 is 51.9 Å². The maximum atomic E-state index is 13.7. The number of carbonyl (C=O) groups is 1. The number of para-hydroxylation sites is 1. The summed E-state index contributed by atoms with van der Waals surface area (Å²) in [4.78, 5) is 37.3. The molecule has 1 aliphatic heterocycles. The first-order chi connectivity index (χ1) is 22.2. The summed E-state index contributed by atoms with van der Waals surface area (Å²) in [5.41, 5.74) is 1.46. The van der Waals surface area contributed by atoms with Crippen molar-refractivity contribution in [2.24, 2.45) is 7.05 Å². The average Bonchev–Trinajstić information content (AvgIpc) is 3.72. The van der Waals surface area contributed by atoms with E-state index in [9.17, 15) is 9.59 Å². The Kier molecular flexibility index (Phi) is 8.57. The number of aromatic nitrogens is 5. The highest BCUT2D eigenvalue weighted by Crippen LogP contribution is 2.45. The number of halogens is 2. The van der Waals surface area contributed by atoms with Crippen molar-refractivity contribution in [2.45, 2.75) is 12.1 Å². The number of carbonyl (C=O) groups excluding carboxylic acids is 1. The third-order valence-corrected chi connectivity index (χ3v) is 8.61. The van der Waals surface area contributed by atoms with Gasteiger partial charge in [-0.3, -0.25) is 14.2 Å². The van der Waals surface area contributed by atoms with Gasteiger partial charge in [0.25, 0.3) is 5.56 Å². The zero-order valence-corrected chi connectivity index (χ0v) is 26.7. The molecular formula is C32H30Cl2N8O4. The lowest BCUT2D eigenvalue weighted by atomic mass is 10.0. The van der Waals surface area contributed by atoms with E-state index in [-0.39, 0.29) is 50.7 Å². The number of pyridine rings is 1. The van der Waals surface area contributed by atoms with E-state index < -0.39 is 0 Å². The van der Waals surface area contributed by atoms with Crippen LogP contribution in [0.25, 0.3) is 27.8 Å². The summed E-state index contributed by atoms with van der Waals surface area (Å²) in [6.07, 6.45) is 4.74. The number of methoxy groups -OCH3 is 2. The van der Waals surface area contributed by atoms with Gasteiger partial charge in [0.2, 0.25) is 11.9 Å². The van der Waals surface area contributed by atoms with Crippen LogP contribution in [0.2, 0.25) is 10.0 Å². The third-order valence-electron chi connectivity index (χ3n) is 7.86. The molecule has 2 aromatic carbocycles. The monoisotopic (exact) mass is 660 g/mol. The Morgan fingerprint density at radius 2 is 1.74 bits per heavy atom. The van der Waals surface area contributed by atoms with Gasteiger partial charge in [-0.25, -0.2) is 9.67 Å². The first-order valence-corrected chi connectivity index (χ1v) is 15.0. The van der Waals surface area contributed by atoms with Gasteiger partial charge in [-0.1, -0.05) is 48.0 Å². The fourth-order valence-corrected chi connectivity index (χ4v) is 6.22. The first-order valence-electron chi connectivity index (χ1n) is 14.2. The van der Waals surface area contributed by atoms with E-state index in [1.165, 1.54) is 24.9 Å². The highest BCUT2D eigenvalue weighted by atomic mass is 35.5. The van der Waals surface area contributed by atoms with E-state index in [1.807, 2.05) is 42.6 Å². The van der Waals surface area contributed by atoms with E-state index in [0.717, 1.165) is 11.5 Å². The summed E-state index contributed by atoms with van der Waals surface area (Å²) >= 11 is 13.2. The number of ether oxygens (including phenoxy) is 2. The van der Waals surface area contributed by atoms with Crippen molar-refractivity contribution in [3.05, 3.63) is 94.0 Å². The number of amides is 1. The van der Waals surface area contributed by atoms with Crippen LogP contribution in [-0.2, 0) is 11.8 Å². The quantitative estimate of drug-likeness (QED) is 0.220. The second kappa shape index (κ2) is 12.7. The normalized spacial score (nSPS) is 16.0. The Bertz CT molecular complexity index is 1990. The molecule has 0 unspecified atom stereocenters. The average molecular weight is 662 g/mol. The molecule has 6 rings (SSSR count). The molecule has 0 spiro atoms. The molecule has 0 aliphatic carbocycles. The highest BCUT2D eigenvalue weighted by molar-refractivity contribution is 6.41. The minimum atomic E-state index is -0.381. The number of nitrogens with one attached hydrogen (secondary N) is 2. The fourth-order valence-electron chi connectivity index (χ4n) is 5.52. The Labute approximate surface area is 274 Å². The van der Waals surface area contributed by atoms with E-state index in [4.69, 9.17) is 37.8 Å². The lowest BCUT2D eigenvalue weighted by molar-refractivity contribution is -0.117. The van der Waals surface area contributed by atoms with Crippen LogP contribution in [0.4, 0.5) is 11.8 Å². The molecule has 1 fully saturated rings. The maximum absolute atomic E-state index is 13.7. The molecule has 2 N–H and O–H groups in total. The van der Waals surface area contributed by atoms with Crippen molar-refractivity contribution in [3.63, 3.8) is 0 Å². The molecule has 14 heteroatoms. The van der Waals surface area contributed by atoms with Gasteiger partial charge in [0.1, 0.15) is 17.1 Å². The number of rotatable bonds is 9. The Hall–Kier alpha value is -5.07. The number of hydrogen-bond donors (Lipinski definition) is 2. The van der Waals surface area contributed by atoms with E-state index >= 15 is 0 Å². The molecular weight excluding hydrogens is 631 g/mol. The number of anilines is 2. The standard InChI is InChI=1S/C32H30Cl2N8O4/c1-5-26(43)36-21-16-41(25-11-12-42(39-25)19-9-7-6-8-10-19)17-22(21)37-32-35-15-18-13-20(31(44)40(2)30(18)38-32)27-28(33)23(45-3)14-24(46-4)29(27)34/h5-15,21-22H,1,16-17H2,2-4H3,(H,36,43)(H,35,37,38)/t21-,22+/m1/s1. The molecule has 5 aromatic rings. The van der Waals surface area contributed by atoms with Gasteiger partial charge >= 0.3 is 0 Å². The van der Waals surface area contributed by atoms with Crippen LogP contribution < -0.4 is 30.6 Å². The molecule has 3 aromatic heterocycles. The Balaban J connectivity index is 1.31. The van der Waals surface area contributed by atoms with Gasteiger partial charge in [-0.05, 0) is 24.3 Å². The van der Waals surface area contributed by atoms with Crippen LogP contribution in [0.5, 0.6) is 11.5 Å². The summed E-state index contributed by atoms with van der Waals surface area (Å²) in [7, 11) is 4.54. The molecule has 12 nitrogen and oxygen atoms in total. The number of fused-ring (bicyclic) bond motifs is 1. The summed E-state index contributed by atoms with van der Waals surface area (Å²) in [6.45, 7) is 4.58. The molecule has 0 saturated carbocycles. The number of hydrogen-bond acceptors (Lipinski definition) is 9. The highest BCUT2D eigenvalue weighted by Gasteiger charge is 2.35. The molecule has 4 heterocycles. The molecule has 46 heavy (non-hydrogen) atoms. The summed E-state index contributed by atoms with van der Waals surface area (Å²) in [5, 5.41) is 12.0. The second-order valence-corrected chi connectivity index (χ2v) is 11.4. The smallest absolute Gasteiger partial charge is 0.259 e. The lowest BCUT2D eigenvalue weighted by Crippen LogP contribution is -2.45. The van der Waals surface area contributed by atoms with Crippen LogP contribution in [0.15, 0.2) is 78.4 Å². The molecule has 2 atom stereocenters. The molecule has 0 radical (unpaired) electrons. The molecule has 1 aliphatic rings. The van der Waals surface area contributed by atoms with Crippen LogP contribution in [0.3, 0.4) is 0 Å². The van der Waals surface area contributed by atoms with Gasteiger partial charge < -0.3 is 25.0 Å². The number of nitrogens with zero attached hydrogens (tertiary/aromatic N) is 6. The maximum Gasteiger partial charge on any atom is 0.259 e. The van der Waals surface area contributed by atoms with Crippen molar-refractivity contribution in [1.29, 1.82) is 0 Å². The van der Waals surface area contributed by atoms with Gasteiger partial charge in [0.15, 0.2) is 5.82 Å². The summed E-state index contributed by atoms with van der Waals surface area (Å²) < 4.78 is 14.0. The summed E-state index contributed by atoms with van der Waals surface area (Å²) in [5.74, 6) is 1.37. The van der Waals surface area contributed by atoms with Gasteiger partial charge in [0, 0.05) is 55.6 Å².